The zero-order chi connectivity index (χ0) is 13.4. The second-order valence-electron chi connectivity index (χ2n) is 4.88. The van der Waals surface area contributed by atoms with Gasteiger partial charge >= 0.3 is 0 Å². The van der Waals surface area contributed by atoms with Gasteiger partial charge in [0.25, 0.3) is 5.56 Å². The van der Waals surface area contributed by atoms with Crippen LogP contribution >= 0.6 is 0 Å². The van der Waals surface area contributed by atoms with Crippen LogP contribution < -0.4 is 10.9 Å². The highest BCUT2D eigenvalue weighted by molar-refractivity contribution is 5.10. The molecule has 0 aliphatic heterocycles. The molecule has 1 N–H and O–H groups in total. The lowest BCUT2D eigenvalue weighted by atomic mass is 10.1. The molecular formula is C14H24N2O2. The van der Waals surface area contributed by atoms with Crippen molar-refractivity contribution in [1.29, 1.82) is 0 Å². The molecule has 0 saturated heterocycles. The molecule has 0 saturated carbocycles. The van der Waals surface area contributed by atoms with Crippen LogP contribution in [0, 0.1) is 5.92 Å². The highest BCUT2D eigenvalue weighted by Crippen LogP contribution is 2.01. The topological polar surface area (TPSA) is 43.3 Å². The first-order valence-electron chi connectivity index (χ1n) is 6.53. The van der Waals surface area contributed by atoms with Crippen molar-refractivity contribution in [3.05, 3.63) is 34.2 Å². The van der Waals surface area contributed by atoms with Crippen LogP contribution in [0.1, 0.15) is 25.8 Å². The zero-order valence-corrected chi connectivity index (χ0v) is 11.6. The quantitative estimate of drug-likeness (QED) is 0.715. The third kappa shape index (κ3) is 5.02. The molecule has 0 aliphatic carbocycles. The minimum atomic E-state index is 0.114. The fourth-order valence-electron chi connectivity index (χ4n) is 1.69. The van der Waals surface area contributed by atoms with Crippen molar-refractivity contribution in [2.45, 2.75) is 33.4 Å². The average Bonchev–Trinajstić information content (AvgIpc) is 2.35. The van der Waals surface area contributed by atoms with Crippen LogP contribution in [-0.4, -0.2) is 24.8 Å². The van der Waals surface area contributed by atoms with Crippen LogP contribution in [0.4, 0.5) is 0 Å². The Bertz CT molecular complexity index is 399. The highest BCUT2D eigenvalue weighted by atomic mass is 16.5. The van der Waals surface area contributed by atoms with Gasteiger partial charge in [0, 0.05) is 38.5 Å². The maximum Gasteiger partial charge on any atom is 0.255 e. The van der Waals surface area contributed by atoms with E-state index in [0.29, 0.717) is 19.1 Å². The first-order chi connectivity index (χ1) is 8.65. The molecule has 1 aromatic heterocycles. The van der Waals surface area contributed by atoms with Gasteiger partial charge in [0.1, 0.15) is 0 Å². The van der Waals surface area contributed by atoms with E-state index in [1.54, 1.807) is 11.7 Å². The molecule has 0 amide bonds. The molecule has 102 valence electrons. The lowest BCUT2D eigenvalue weighted by Crippen LogP contribution is -2.28. The monoisotopic (exact) mass is 252 g/mol. The van der Waals surface area contributed by atoms with Gasteiger partial charge in [0.15, 0.2) is 0 Å². The molecule has 0 aliphatic rings. The summed E-state index contributed by atoms with van der Waals surface area (Å²) >= 11 is 0. The van der Waals surface area contributed by atoms with Crippen molar-refractivity contribution in [2.24, 2.45) is 5.92 Å². The van der Waals surface area contributed by atoms with E-state index >= 15 is 0 Å². The summed E-state index contributed by atoms with van der Waals surface area (Å²) in [7, 11) is 1.67. The number of methoxy groups -OCH3 is 1. The molecule has 1 aromatic rings. The number of ether oxygens (including phenoxy) is 1. The molecule has 0 aromatic carbocycles. The molecular weight excluding hydrogens is 228 g/mol. The van der Waals surface area contributed by atoms with Crippen molar-refractivity contribution in [1.82, 2.24) is 9.88 Å². The maximum absolute atomic E-state index is 12.1. The number of pyridine rings is 1. The number of hydrogen-bond acceptors (Lipinski definition) is 3. The molecule has 0 unspecified atom stereocenters. The third-order valence-corrected chi connectivity index (χ3v) is 2.84. The Hall–Kier alpha value is -1.13. The number of aromatic nitrogens is 1. The fraction of sp³-hybridized carbons (Fsp3) is 0.643. The van der Waals surface area contributed by atoms with Gasteiger partial charge in [0.2, 0.25) is 0 Å². The molecule has 4 heteroatoms. The van der Waals surface area contributed by atoms with Crippen molar-refractivity contribution in [3.8, 4) is 0 Å². The SMILES string of the molecule is COCCNCc1cccn(CCC(C)C)c1=O. The molecule has 0 spiro atoms. The Balaban J connectivity index is 2.58. The standard InChI is InChI=1S/C14H24N2O2/c1-12(2)6-9-16-8-4-5-13(14(16)17)11-15-7-10-18-3/h4-5,8,12,15H,6-7,9-11H2,1-3H3. The molecule has 0 bridgehead atoms. The Morgan fingerprint density at radius 3 is 2.89 bits per heavy atom. The van der Waals surface area contributed by atoms with E-state index in [0.717, 1.165) is 25.1 Å². The number of hydrogen-bond donors (Lipinski definition) is 1. The number of nitrogens with zero attached hydrogens (tertiary/aromatic N) is 1. The summed E-state index contributed by atoms with van der Waals surface area (Å²) in [5.74, 6) is 0.611. The van der Waals surface area contributed by atoms with Crippen molar-refractivity contribution >= 4 is 0 Å². The summed E-state index contributed by atoms with van der Waals surface area (Å²) < 4.78 is 6.75. The lowest BCUT2D eigenvalue weighted by molar-refractivity contribution is 0.199. The van der Waals surface area contributed by atoms with E-state index in [1.165, 1.54) is 0 Å². The second kappa shape index (κ2) is 8.06. The molecule has 1 heterocycles. The molecule has 4 nitrogen and oxygen atoms in total. The normalized spacial score (nSPS) is 11.1. The largest absolute Gasteiger partial charge is 0.383 e. The van der Waals surface area contributed by atoms with Crippen molar-refractivity contribution in [3.63, 3.8) is 0 Å². The Kier molecular flexibility index (Phi) is 6.68. The Morgan fingerprint density at radius 2 is 2.22 bits per heavy atom. The van der Waals surface area contributed by atoms with E-state index in [4.69, 9.17) is 4.74 Å². The molecule has 0 radical (unpaired) electrons. The predicted octanol–water partition coefficient (Wildman–Crippen LogP) is 1.63. The first kappa shape index (κ1) is 14.9. The van der Waals surface area contributed by atoms with E-state index in [-0.39, 0.29) is 5.56 Å². The smallest absolute Gasteiger partial charge is 0.255 e. The summed E-state index contributed by atoms with van der Waals surface area (Å²) in [6, 6.07) is 3.82. The van der Waals surface area contributed by atoms with Crippen molar-refractivity contribution in [2.75, 3.05) is 20.3 Å². The van der Waals surface area contributed by atoms with Gasteiger partial charge < -0.3 is 14.6 Å². The summed E-state index contributed by atoms with van der Waals surface area (Å²) in [6.07, 6.45) is 2.89. The number of aryl methyl sites for hydroxylation is 1. The average molecular weight is 252 g/mol. The Morgan fingerprint density at radius 1 is 1.44 bits per heavy atom. The first-order valence-corrected chi connectivity index (χ1v) is 6.53. The van der Waals surface area contributed by atoms with Crippen LogP contribution in [0.2, 0.25) is 0 Å². The van der Waals surface area contributed by atoms with Gasteiger partial charge in [-0.25, -0.2) is 0 Å². The maximum atomic E-state index is 12.1. The van der Waals surface area contributed by atoms with Gasteiger partial charge in [-0.2, -0.15) is 0 Å². The summed E-state index contributed by atoms with van der Waals surface area (Å²) in [5.41, 5.74) is 0.931. The van der Waals surface area contributed by atoms with Gasteiger partial charge in [0.05, 0.1) is 6.61 Å². The summed E-state index contributed by atoms with van der Waals surface area (Å²) in [5, 5.41) is 3.20. The van der Waals surface area contributed by atoms with E-state index in [1.807, 2.05) is 18.3 Å². The van der Waals surface area contributed by atoms with Crippen LogP contribution in [-0.2, 0) is 17.8 Å². The Labute approximate surface area is 109 Å². The molecule has 1 rings (SSSR count). The van der Waals surface area contributed by atoms with Gasteiger partial charge in [-0.15, -0.1) is 0 Å². The second-order valence-corrected chi connectivity index (χ2v) is 4.88. The van der Waals surface area contributed by atoms with Crippen LogP contribution in [0.15, 0.2) is 23.1 Å². The number of rotatable bonds is 8. The van der Waals surface area contributed by atoms with Gasteiger partial charge in [-0.1, -0.05) is 19.9 Å². The molecule has 0 atom stereocenters. The van der Waals surface area contributed by atoms with Crippen LogP contribution in [0.25, 0.3) is 0 Å². The van der Waals surface area contributed by atoms with E-state index in [2.05, 4.69) is 19.2 Å². The fourth-order valence-corrected chi connectivity index (χ4v) is 1.69. The molecule has 0 fully saturated rings. The van der Waals surface area contributed by atoms with Crippen LogP contribution in [0.5, 0.6) is 0 Å². The predicted molar refractivity (Wildman–Crippen MR) is 73.7 cm³/mol. The van der Waals surface area contributed by atoms with Crippen LogP contribution in [0.3, 0.4) is 0 Å². The summed E-state index contributed by atoms with van der Waals surface area (Å²) in [4.78, 5) is 12.1. The zero-order valence-electron chi connectivity index (χ0n) is 11.6. The third-order valence-electron chi connectivity index (χ3n) is 2.84. The van der Waals surface area contributed by atoms with Crippen molar-refractivity contribution < 1.29 is 4.74 Å². The number of nitrogens with one attached hydrogen (secondary N) is 1. The van der Waals surface area contributed by atoms with E-state index in [9.17, 15) is 4.79 Å². The van der Waals surface area contributed by atoms with E-state index < -0.39 is 0 Å². The minimum Gasteiger partial charge on any atom is -0.383 e. The molecule has 18 heavy (non-hydrogen) atoms. The highest BCUT2D eigenvalue weighted by Gasteiger charge is 2.03. The lowest BCUT2D eigenvalue weighted by Gasteiger charge is -2.10. The summed E-state index contributed by atoms with van der Waals surface area (Å²) in [6.45, 7) is 7.15. The van der Waals surface area contributed by atoms with Gasteiger partial charge in [-0.05, 0) is 18.4 Å². The minimum absolute atomic E-state index is 0.114. The van der Waals surface area contributed by atoms with Gasteiger partial charge in [-0.3, -0.25) is 4.79 Å².